The molecule has 22 heavy (non-hydrogen) atoms. The van der Waals surface area contributed by atoms with Gasteiger partial charge in [0.15, 0.2) is 5.82 Å². The van der Waals surface area contributed by atoms with Crippen LogP contribution in [0.5, 0.6) is 0 Å². The second-order valence-electron chi connectivity index (χ2n) is 4.95. The molecule has 6 nitrogen and oxygen atoms in total. The molecule has 6 heteroatoms. The van der Waals surface area contributed by atoms with Gasteiger partial charge < -0.3 is 0 Å². The molecule has 0 aliphatic carbocycles. The van der Waals surface area contributed by atoms with Gasteiger partial charge in [0.05, 0.1) is 23.4 Å². The molecular formula is C16H12N6. The zero-order valence-corrected chi connectivity index (χ0v) is 11.9. The molecule has 0 fully saturated rings. The number of fused-ring (bicyclic) bond motifs is 1. The monoisotopic (exact) mass is 288 g/mol. The molecule has 4 aromatic rings. The molecule has 4 rings (SSSR count). The van der Waals surface area contributed by atoms with Gasteiger partial charge in [-0.25, -0.2) is 9.67 Å². The minimum Gasteiger partial charge on any atom is -0.262 e. The summed E-state index contributed by atoms with van der Waals surface area (Å²) in [6.07, 6.45) is 5.30. The fraction of sp³-hybridized carbons (Fsp3) is 0.0625. The predicted octanol–water partition coefficient (Wildman–Crippen LogP) is 2.58. The van der Waals surface area contributed by atoms with Crippen molar-refractivity contribution in [2.45, 2.75) is 6.92 Å². The smallest absolute Gasteiger partial charge is 0.174 e. The minimum atomic E-state index is 0.642. The summed E-state index contributed by atoms with van der Waals surface area (Å²) in [7, 11) is 0. The molecular weight excluding hydrogens is 276 g/mol. The molecule has 0 atom stereocenters. The summed E-state index contributed by atoms with van der Waals surface area (Å²) >= 11 is 0. The zero-order chi connectivity index (χ0) is 14.9. The Morgan fingerprint density at radius 3 is 2.73 bits per heavy atom. The molecule has 0 saturated heterocycles. The summed E-state index contributed by atoms with van der Waals surface area (Å²) in [5.74, 6) is 0.642. The molecule has 0 unspecified atom stereocenters. The van der Waals surface area contributed by atoms with Gasteiger partial charge in [-0.1, -0.05) is 17.3 Å². The van der Waals surface area contributed by atoms with Crippen molar-refractivity contribution in [3.8, 4) is 17.1 Å². The van der Waals surface area contributed by atoms with Crippen molar-refractivity contribution < 1.29 is 0 Å². The van der Waals surface area contributed by atoms with E-state index in [9.17, 15) is 0 Å². The number of para-hydroxylation sites is 2. The van der Waals surface area contributed by atoms with Crippen molar-refractivity contribution in [2.24, 2.45) is 0 Å². The second-order valence-corrected chi connectivity index (χ2v) is 4.95. The van der Waals surface area contributed by atoms with Crippen molar-refractivity contribution in [1.82, 2.24) is 29.9 Å². The van der Waals surface area contributed by atoms with Crippen molar-refractivity contribution in [3.05, 3.63) is 60.7 Å². The number of nitrogens with zero attached hydrogens (tertiary/aromatic N) is 6. The van der Waals surface area contributed by atoms with E-state index in [4.69, 9.17) is 0 Å². The molecule has 0 N–H and O–H groups in total. The maximum absolute atomic E-state index is 4.56. The highest BCUT2D eigenvalue weighted by Gasteiger charge is 2.07. The largest absolute Gasteiger partial charge is 0.262 e. The Hall–Kier alpha value is -3.15. The second kappa shape index (κ2) is 5.00. The van der Waals surface area contributed by atoms with Crippen LogP contribution in [0.25, 0.3) is 28.1 Å². The van der Waals surface area contributed by atoms with Gasteiger partial charge >= 0.3 is 0 Å². The Balaban J connectivity index is 1.76. The van der Waals surface area contributed by atoms with Crippen LogP contribution in [0.1, 0.15) is 5.69 Å². The Morgan fingerprint density at radius 1 is 1.00 bits per heavy atom. The number of hydrogen-bond acceptors (Lipinski definition) is 5. The first-order chi connectivity index (χ1) is 10.8. The SMILES string of the molecule is Cc1cc(-c2cn(-c3cnc4ccccc4n3)nn2)ccn1. The van der Waals surface area contributed by atoms with Crippen molar-refractivity contribution in [1.29, 1.82) is 0 Å². The fourth-order valence-electron chi connectivity index (χ4n) is 2.27. The third-order valence-corrected chi connectivity index (χ3v) is 3.36. The molecule has 1 aromatic carbocycles. The number of aromatic nitrogens is 6. The maximum atomic E-state index is 4.56. The molecule has 0 aliphatic heterocycles. The molecule has 0 spiro atoms. The molecule has 0 bridgehead atoms. The predicted molar refractivity (Wildman–Crippen MR) is 82.4 cm³/mol. The topological polar surface area (TPSA) is 69.4 Å². The maximum Gasteiger partial charge on any atom is 0.174 e. The van der Waals surface area contributed by atoms with E-state index in [-0.39, 0.29) is 0 Å². The van der Waals surface area contributed by atoms with Crippen LogP contribution in [0.2, 0.25) is 0 Å². The number of rotatable bonds is 2. The van der Waals surface area contributed by atoms with Crippen LogP contribution in [0.15, 0.2) is 55.0 Å². The lowest BCUT2D eigenvalue weighted by Gasteiger charge is -2.00. The summed E-state index contributed by atoms with van der Waals surface area (Å²) in [5, 5.41) is 8.34. The Labute approximate surface area is 126 Å². The van der Waals surface area contributed by atoms with Gasteiger partial charge in [-0.15, -0.1) is 5.10 Å². The lowest BCUT2D eigenvalue weighted by molar-refractivity contribution is 0.781. The molecule has 3 heterocycles. The van der Waals surface area contributed by atoms with Crippen LogP contribution in [0.4, 0.5) is 0 Å². The average Bonchev–Trinajstić information content (AvgIpc) is 3.04. The molecule has 0 amide bonds. The van der Waals surface area contributed by atoms with Gasteiger partial charge in [-0.3, -0.25) is 9.97 Å². The highest BCUT2D eigenvalue weighted by molar-refractivity contribution is 5.74. The first-order valence-corrected chi connectivity index (χ1v) is 6.87. The van der Waals surface area contributed by atoms with E-state index >= 15 is 0 Å². The highest BCUT2D eigenvalue weighted by atomic mass is 15.4. The van der Waals surface area contributed by atoms with Crippen LogP contribution in [0.3, 0.4) is 0 Å². The van der Waals surface area contributed by atoms with Crippen LogP contribution in [0, 0.1) is 6.92 Å². The van der Waals surface area contributed by atoms with Crippen LogP contribution >= 0.6 is 0 Å². The standard InChI is InChI=1S/C16H12N6/c1-11-8-12(6-7-17-11)15-10-22(21-20-15)16-9-18-13-4-2-3-5-14(13)19-16/h2-10H,1H3. The molecule has 0 aliphatic rings. The van der Waals surface area contributed by atoms with E-state index in [1.165, 1.54) is 0 Å². The van der Waals surface area contributed by atoms with E-state index in [0.29, 0.717) is 5.82 Å². The molecule has 3 aromatic heterocycles. The van der Waals surface area contributed by atoms with Crippen LogP contribution in [-0.2, 0) is 0 Å². The Morgan fingerprint density at radius 2 is 1.86 bits per heavy atom. The summed E-state index contributed by atoms with van der Waals surface area (Å²) in [5.41, 5.74) is 4.39. The summed E-state index contributed by atoms with van der Waals surface area (Å²) in [4.78, 5) is 13.1. The fourth-order valence-corrected chi connectivity index (χ4v) is 2.27. The van der Waals surface area contributed by atoms with Gasteiger partial charge in [0.1, 0.15) is 5.69 Å². The van der Waals surface area contributed by atoms with E-state index in [0.717, 1.165) is 28.0 Å². The Kier molecular flexibility index (Phi) is 2.86. The quantitative estimate of drug-likeness (QED) is 0.567. The number of pyridine rings is 1. The van der Waals surface area contributed by atoms with E-state index in [2.05, 4.69) is 25.3 Å². The lowest BCUT2D eigenvalue weighted by atomic mass is 10.2. The first kappa shape index (κ1) is 12.6. The first-order valence-electron chi connectivity index (χ1n) is 6.87. The number of benzene rings is 1. The van der Waals surface area contributed by atoms with E-state index < -0.39 is 0 Å². The summed E-state index contributed by atoms with van der Waals surface area (Å²) < 4.78 is 1.63. The van der Waals surface area contributed by atoms with Crippen LogP contribution < -0.4 is 0 Å². The molecule has 0 saturated carbocycles. The average molecular weight is 288 g/mol. The van der Waals surface area contributed by atoms with Gasteiger partial charge in [-0.05, 0) is 31.2 Å². The lowest BCUT2D eigenvalue weighted by Crippen LogP contribution is -1.99. The summed E-state index contributed by atoms with van der Waals surface area (Å²) in [6.45, 7) is 1.95. The number of hydrogen-bond donors (Lipinski definition) is 0. The minimum absolute atomic E-state index is 0.642. The molecule has 0 radical (unpaired) electrons. The third kappa shape index (κ3) is 2.20. The van der Waals surface area contributed by atoms with Gasteiger partial charge in [0, 0.05) is 17.5 Å². The van der Waals surface area contributed by atoms with E-state index in [1.807, 2.05) is 49.5 Å². The third-order valence-electron chi connectivity index (χ3n) is 3.36. The Bertz CT molecular complexity index is 959. The van der Waals surface area contributed by atoms with Gasteiger partial charge in [0.2, 0.25) is 0 Å². The van der Waals surface area contributed by atoms with E-state index in [1.54, 1.807) is 17.1 Å². The number of aryl methyl sites for hydroxylation is 1. The van der Waals surface area contributed by atoms with Crippen molar-refractivity contribution in [3.63, 3.8) is 0 Å². The van der Waals surface area contributed by atoms with Gasteiger partial charge in [-0.2, -0.15) is 0 Å². The molecule has 106 valence electrons. The normalized spacial score (nSPS) is 11.0. The summed E-state index contributed by atoms with van der Waals surface area (Å²) in [6, 6.07) is 11.6. The highest BCUT2D eigenvalue weighted by Crippen LogP contribution is 2.18. The van der Waals surface area contributed by atoms with Crippen molar-refractivity contribution >= 4 is 11.0 Å². The zero-order valence-electron chi connectivity index (χ0n) is 11.9. The van der Waals surface area contributed by atoms with Gasteiger partial charge in [0.25, 0.3) is 0 Å². The van der Waals surface area contributed by atoms with Crippen molar-refractivity contribution in [2.75, 3.05) is 0 Å². The van der Waals surface area contributed by atoms with Crippen LogP contribution in [-0.4, -0.2) is 29.9 Å².